The maximum absolute atomic E-state index is 14.0. The van der Waals surface area contributed by atoms with Gasteiger partial charge in [0.2, 0.25) is 0 Å². The third-order valence-electron chi connectivity index (χ3n) is 3.42. The molecule has 21 heavy (non-hydrogen) atoms. The number of hydrogen-bond acceptors (Lipinski definition) is 3. The van der Waals surface area contributed by atoms with Gasteiger partial charge in [0.15, 0.2) is 23.3 Å². The molecule has 0 radical (unpaired) electrons. The Labute approximate surface area is 127 Å². The summed E-state index contributed by atoms with van der Waals surface area (Å²) >= 11 is 6.16. The fourth-order valence-electron chi connectivity index (χ4n) is 2.09. The smallest absolute Gasteiger partial charge is 0.168 e. The van der Waals surface area contributed by atoms with Crippen LogP contribution >= 0.6 is 11.6 Å². The summed E-state index contributed by atoms with van der Waals surface area (Å²) in [5, 5.41) is 3.19. The van der Waals surface area contributed by atoms with Crippen LogP contribution in [-0.4, -0.2) is 19.1 Å². The number of benzene rings is 1. The molecule has 0 aliphatic rings. The molecule has 2 rings (SSSR count). The number of rotatable bonds is 4. The van der Waals surface area contributed by atoms with E-state index >= 15 is 0 Å². The molecule has 0 aliphatic heterocycles. The minimum atomic E-state index is -0.724. The van der Waals surface area contributed by atoms with Gasteiger partial charge in [0, 0.05) is 25.2 Å². The lowest BCUT2D eigenvalue weighted by molar-refractivity contribution is 0.567. The number of halogens is 3. The van der Waals surface area contributed by atoms with Crippen molar-refractivity contribution in [1.29, 1.82) is 0 Å². The van der Waals surface area contributed by atoms with E-state index in [-0.39, 0.29) is 17.7 Å². The minimum absolute atomic E-state index is 0.00427. The Kier molecular flexibility index (Phi) is 4.63. The third kappa shape index (κ3) is 3.08. The second-order valence-corrected chi connectivity index (χ2v) is 5.09. The van der Waals surface area contributed by atoms with Crippen LogP contribution in [0, 0.1) is 11.6 Å². The Morgan fingerprint density at radius 2 is 1.90 bits per heavy atom. The summed E-state index contributed by atoms with van der Waals surface area (Å²) in [4.78, 5) is 5.61. The SMILES string of the molecule is CNc1nc(N(C)C(C)c2ccccc2Cl)c(F)cc1F. The number of pyridine rings is 1. The molecule has 0 saturated heterocycles. The normalized spacial score (nSPS) is 12.1. The summed E-state index contributed by atoms with van der Waals surface area (Å²) in [6.45, 7) is 1.88. The number of anilines is 2. The Morgan fingerprint density at radius 1 is 1.24 bits per heavy atom. The fraction of sp³-hybridized carbons (Fsp3) is 0.267. The summed E-state index contributed by atoms with van der Waals surface area (Å²) in [5.41, 5.74) is 0.846. The van der Waals surface area contributed by atoms with Gasteiger partial charge in [-0.25, -0.2) is 13.8 Å². The summed E-state index contributed by atoms with van der Waals surface area (Å²) < 4.78 is 27.5. The van der Waals surface area contributed by atoms with Gasteiger partial charge in [0.1, 0.15) is 0 Å². The highest BCUT2D eigenvalue weighted by atomic mass is 35.5. The van der Waals surface area contributed by atoms with Gasteiger partial charge in [-0.15, -0.1) is 0 Å². The van der Waals surface area contributed by atoms with E-state index in [0.29, 0.717) is 5.02 Å². The van der Waals surface area contributed by atoms with Gasteiger partial charge in [-0.1, -0.05) is 29.8 Å². The van der Waals surface area contributed by atoms with E-state index in [9.17, 15) is 8.78 Å². The standard InChI is InChI=1S/C15H16ClF2N3/c1-9(10-6-4-5-7-11(10)16)21(3)15-13(18)8-12(17)14(19-2)20-15/h4-9H,1-3H3,(H,19,20). The van der Waals surface area contributed by atoms with Gasteiger partial charge in [-0.2, -0.15) is 0 Å². The summed E-state index contributed by atoms with van der Waals surface area (Å²) in [7, 11) is 3.22. The molecule has 0 bridgehead atoms. The van der Waals surface area contributed by atoms with Crippen LogP contribution in [0.1, 0.15) is 18.5 Å². The van der Waals surface area contributed by atoms with E-state index in [0.717, 1.165) is 11.6 Å². The summed E-state index contributed by atoms with van der Waals surface area (Å²) in [5.74, 6) is -1.37. The molecule has 1 aromatic carbocycles. The van der Waals surface area contributed by atoms with Crippen molar-refractivity contribution in [3.8, 4) is 0 Å². The van der Waals surface area contributed by atoms with Gasteiger partial charge in [-0.05, 0) is 18.6 Å². The van der Waals surface area contributed by atoms with E-state index in [4.69, 9.17) is 11.6 Å². The quantitative estimate of drug-likeness (QED) is 0.915. The van der Waals surface area contributed by atoms with Crippen LogP contribution in [0.25, 0.3) is 0 Å². The molecular formula is C15H16ClF2N3. The molecule has 0 saturated carbocycles. The predicted molar refractivity (Wildman–Crippen MR) is 82.0 cm³/mol. The molecule has 1 heterocycles. The van der Waals surface area contributed by atoms with Crippen LogP contribution in [0.2, 0.25) is 5.02 Å². The maximum Gasteiger partial charge on any atom is 0.168 e. The first kappa shape index (κ1) is 15.5. The lowest BCUT2D eigenvalue weighted by atomic mass is 10.1. The van der Waals surface area contributed by atoms with Gasteiger partial charge in [0.25, 0.3) is 0 Å². The molecule has 1 N–H and O–H groups in total. The zero-order chi connectivity index (χ0) is 15.6. The van der Waals surface area contributed by atoms with Gasteiger partial charge in [0.05, 0.1) is 6.04 Å². The fourth-order valence-corrected chi connectivity index (χ4v) is 2.38. The molecule has 6 heteroatoms. The summed E-state index contributed by atoms with van der Waals surface area (Å²) in [6, 6.07) is 7.94. The first-order valence-electron chi connectivity index (χ1n) is 6.46. The van der Waals surface area contributed by atoms with Gasteiger partial charge < -0.3 is 10.2 Å². The van der Waals surface area contributed by atoms with Crippen molar-refractivity contribution in [2.24, 2.45) is 0 Å². The highest BCUT2D eigenvalue weighted by Gasteiger charge is 2.21. The van der Waals surface area contributed by atoms with Crippen molar-refractivity contribution in [1.82, 2.24) is 4.98 Å². The molecule has 1 atom stereocenters. The van der Waals surface area contributed by atoms with Crippen LogP contribution in [-0.2, 0) is 0 Å². The zero-order valence-corrected chi connectivity index (χ0v) is 12.7. The molecule has 0 spiro atoms. The topological polar surface area (TPSA) is 28.2 Å². The van der Waals surface area contributed by atoms with Crippen LogP contribution in [0.15, 0.2) is 30.3 Å². The number of nitrogens with zero attached hydrogens (tertiary/aromatic N) is 2. The molecule has 3 nitrogen and oxygen atoms in total. The van der Waals surface area contributed by atoms with E-state index in [1.165, 1.54) is 7.05 Å². The average Bonchev–Trinajstić information content (AvgIpc) is 2.46. The molecule has 0 amide bonds. The molecule has 0 fully saturated rings. The molecule has 112 valence electrons. The second-order valence-electron chi connectivity index (χ2n) is 4.68. The van der Waals surface area contributed by atoms with Crippen molar-refractivity contribution in [3.05, 3.63) is 52.6 Å². The van der Waals surface area contributed by atoms with E-state index in [1.54, 1.807) is 18.0 Å². The highest BCUT2D eigenvalue weighted by molar-refractivity contribution is 6.31. The Morgan fingerprint density at radius 3 is 2.52 bits per heavy atom. The Bertz CT molecular complexity index is 649. The Hall–Kier alpha value is -1.88. The van der Waals surface area contributed by atoms with E-state index in [2.05, 4.69) is 10.3 Å². The van der Waals surface area contributed by atoms with Crippen molar-refractivity contribution in [3.63, 3.8) is 0 Å². The molecule has 1 aromatic heterocycles. The number of nitrogens with one attached hydrogen (secondary N) is 1. The average molecular weight is 312 g/mol. The van der Waals surface area contributed by atoms with Crippen LogP contribution in [0.5, 0.6) is 0 Å². The minimum Gasteiger partial charge on any atom is -0.371 e. The number of hydrogen-bond donors (Lipinski definition) is 1. The monoisotopic (exact) mass is 311 g/mol. The molecule has 0 aliphatic carbocycles. The van der Waals surface area contributed by atoms with Gasteiger partial charge in [-0.3, -0.25) is 0 Å². The molecule has 1 unspecified atom stereocenters. The summed E-state index contributed by atoms with van der Waals surface area (Å²) in [6.07, 6.45) is 0. The van der Waals surface area contributed by atoms with Crippen molar-refractivity contribution >= 4 is 23.2 Å². The molecule has 2 aromatic rings. The van der Waals surface area contributed by atoms with E-state index < -0.39 is 11.6 Å². The lowest BCUT2D eigenvalue weighted by Crippen LogP contribution is -2.24. The molecular weight excluding hydrogens is 296 g/mol. The maximum atomic E-state index is 14.0. The largest absolute Gasteiger partial charge is 0.371 e. The third-order valence-corrected chi connectivity index (χ3v) is 3.76. The Balaban J connectivity index is 2.40. The van der Waals surface area contributed by atoms with Crippen molar-refractivity contribution < 1.29 is 8.78 Å². The van der Waals surface area contributed by atoms with Gasteiger partial charge >= 0.3 is 0 Å². The van der Waals surface area contributed by atoms with Crippen molar-refractivity contribution in [2.75, 3.05) is 24.3 Å². The first-order chi connectivity index (χ1) is 9.95. The highest BCUT2D eigenvalue weighted by Crippen LogP contribution is 2.31. The first-order valence-corrected chi connectivity index (χ1v) is 6.84. The van der Waals surface area contributed by atoms with E-state index in [1.807, 2.05) is 25.1 Å². The van der Waals surface area contributed by atoms with Crippen LogP contribution < -0.4 is 10.2 Å². The van der Waals surface area contributed by atoms with Crippen LogP contribution in [0.3, 0.4) is 0 Å². The predicted octanol–water partition coefficient (Wildman–Crippen LogP) is 4.25. The number of aromatic nitrogens is 1. The second kappa shape index (κ2) is 6.26. The van der Waals surface area contributed by atoms with Crippen LogP contribution in [0.4, 0.5) is 20.4 Å². The lowest BCUT2D eigenvalue weighted by Gasteiger charge is -2.27. The van der Waals surface area contributed by atoms with Crippen molar-refractivity contribution in [2.45, 2.75) is 13.0 Å². The zero-order valence-electron chi connectivity index (χ0n) is 12.0.